The summed E-state index contributed by atoms with van der Waals surface area (Å²) in [4.78, 5) is 19.3. The van der Waals surface area contributed by atoms with Crippen LogP contribution in [0, 0.1) is 0 Å². The number of nitrogens with zero attached hydrogens (tertiary/aromatic N) is 2. The topological polar surface area (TPSA) is 54.5 Å². The lowest BCUT2D eigenvalue weighted by molar-refractivity contribution is 0.0224. The molecule has 134 valence electrons. The fraction of sp³-hybridized carbons (Fsp3) is 0.444. The molecule has 5 nitrogen and oxygen atoms in total. The van der Waals surface area contributed by atoms with Gasteiger partial charge in [0.1, 0.15) is 5.60 Å². The van der Waals surface area contributed by atoms with Crippen molar-refractivity contribution in [1.29, 1.82) is 0 Å². The molecule has 0 spiro atoms. The molecule has 0 aliphatic carbocycles. The number of halogens is 1. The number of fused-ring (bicyclic) bond motifs is 1. The molecule has 0 saturated carbocycles. The molecule has 0 bridgehead atoms. The van der Waals surface area contributed by atoms with Crippen molar-refractivity contribution >= 4 is 34.7 Å². The van der Waals surface area contributed by atoms with Gasteiger partial charge in [-0.2, -0.15) is 0 Å². The maximum Gasteiger partial charge on any atom is 0.410 e. The molecule has 0 fully saturated rings. The van der Waals surface area contributed by atoms with E-state index in [-0.39, 0.29) is 6.09 Å². The number of ether oxygens (including phenoxy) is 1. The monoisotopic (exact) mass is 379 g/mol. The number of carbonyl (C=O) groups excluding carboxylic acids is 1. The summed E-state index contributed by atoms with van der Waals surface area (Å²) in [7, 11) is 0. The average molecular weight is 380 g/mol. The number of amides is 1. The zero-order valence-electron chi connectivity index (χ0n) is 14.6. The van der Waals surface area contributed by atoms with Gasteiger partial charge in [0.25, 0.3) is 0 Å². The Balaban J connectivity index is 1.72. The Morgan fingerprint density at radius 1 is 1.44 bits per heavy atom. The largest absolute Gasteiger partial charge is 0.444 e. The highest BCUT2D eigenvalue weighted by molar-refractivity contribution is 7.15. The summed E-state index contributed by atoms with van der Waals surface area (Å²) in [6.07, 6.45) is 2.35. The van der Waals surface area contributed by atoms with E-state index in [1.54, 1.807) is 11.1 Å². The Morgan fingerprint density at radius 2 is 2.24 bits per heavy atom. The third kappa shape index (κ3) is 4.64. The highest BCUT2D eigenvalue weighted by atomic mass is 35.5. The SMILES string of the molecule is CC(C)(C)OC(=O)N1CCc2cccc(NCc3cnc(Cl)s3)c2C1. The first-order valence-electron chi connectivity index (χ1n) is 8.24. The molecule has 1 N–H and O–H groups in total. The van der Waals surface area contributed by atoms with Crippen molar-refractivity contribution in [2.24, 2.45) is 0 Å². The molecule has 0 atom stereocenters. The van der Waals surface area contributed by atoms with E-state index in [9.17, 15) is 4.79 Å². The standard InChI is InChI=1S/C18H22ClN3O2S/c1-18(2,3)24-17(23)22-8-7-12-5-4-6-15(14(12)11-22)20-9-13-10-21-16(19)25-13/h4-6,10,20H,7-9,11H2,1-3H3. The van der Waals surface area contributed by atoms with Gasteiger partial charge in [0.05, 0.1) is 13.1 Å². The van der Waals surface area contributed by atoms with E-state index in [0.29, 0.717) is 24.1 Å². The molecule has 1 aromatic carbocycles. The van der Waals surface area contributed by atoms with Gasteiger partial charge in [0, 0.05) is 23.3 Å². The second kappa shape index (κ2) is 7.22. The summed E-state index contributed by atoms with van der Waals surface area (Å²) in [5.41, 5.74) is 2.97. The minimum Gasteiger partial charge on any atom is -0.444 e. The highest BCUT2D eigenvalue weighted by Gasteiger charge is 2.26. The first-order chi connectivity index (χ1) is 11.8. The summed E-state index contributed by atoms with van der Waals surface area (Å²) in [6, 6.07) is 6.21. The van der Waals surface area contributed by atoms with Gasteiger partial charge < -0.3 is 15.0 Å². The summed E-state index contributed by atoms with van der Waals surface area (Å²) < 4.78 is 6.05. The van der Waals surface area contributed by atoms with Gasteiger partial charge in [-0.15, -0.1) is 11.3 Å². The summed E-state index contributed by atoms with van der Waals surface area (Å²) in [5, 5.41) is 3.44. The van der Waals surface area contributed by atoms with E-state index in [2.05, 4.69) is 16.4 Å². The Kier molecular flexibility index (Phi) is 5.20. The normalized spacial score (nSPS) is 14.2. The number of carbonyl (C=O) groups is 1. The van der Waals surface area contributed by atoms with E-state index in [1.165, 1.54) is 16.9 Å². The Bertz CT molecular complexity index is 770. The van der Waals surface area contributed by atoms with E-state index in [1.807, 2.05) is 32.9 Å². The number of benzene rings is 1. The van der Waals surface area contributed by atoms with Crippen molar-refractivity contribution in [2.75, 3.05) is 11.9 Å². The number of anilines is 1. The lowest BCUT2D eigenvalue weighted by Gasteiger charge is -2.32. The second-order valence-corrected chi connectivity index (χ2v) is 8.73. The van der Waals surface area contributed by atoms with Gasteiger partial charge in [-0.25, -0.2) is 9.78 Å². The summed E-state index contributed by atoms with van der Waals surface area (Å²) in [5.74, 6) is 0. The van der Waals surface area contributed by atoms with Crippen LogP contribution in [0.5, 0.6) is 0 Å². The Labute approximate surface area is 157 Å². The number of aromatic nitrogens is 1. The highest BCUT2D eigenvalue weighted by Crippen LogP contribution is 2.28. The summed E-state index contributed by atoms with van der Waals surface area (Å²) >= 11 is 7.35. The van der Waals surface area contributed by atoms with Crippen molar-refractivity contribution < 1.29 is 9.53 Å². The van der Waals surface area contributed by atoms with Crippen molar-refractivity contribution in [3.63, 3.8) is 0 Å². The van der Waals surface area contributed by atoms with Gasteiger partial charge >= 0.3 is 6.09 Å². The molecule has 1 aliphatic rings. The fourth-order valence-corrected chi connectivity index (χ4v) is 3.69. The Hall–Kier alpha value is -1.79. The van der Waals surface area contributed by atoms with E-state index in [0.717, 1.165) is 22.5 Å². The van der Waals surface area contributed by atoms with Crippen LogP contribution < -0.4 is 5.32 Å². The molecule has 1 aromatic heterocycles. The molecule has 1 amide bonds. The summed E-state index contributed by atoms with van der Waals surface area (Å²) in [6.45, 7) is 7.54. The van der Waals surface area contributed by atoms with Crippen LogP contribution in [-0.2, 0) is 24.2 Å². The van der Waals surface area contributed by atoms with Gasteiger partial charge in [-0.1, -0.05) is 23.7 Å². The van der Waals surface area contributed by atoms with Crippen LogP contribution >= 0.6 is 22.9 Å². The maximum atomic E-state index is 12.4. The quantitative estimate of drug-likeness (QED) is 0.839. The molecule has 25 heavy (non-hydrogen) atoms. The van der Waals surface area contributed by atoms with Crippen molar-refractivity contribution in [1.82, 2.24) is 9.88 Å². The molecular formula is C18H22ClN3O2S. The van der Waals surface area contributed by atoms with Crippen LogP contribution in [0.4, 0.5) is 10.5 Å². The second-order valence-electron chi connectivity index (χ2n) is 7.03. The lowest BCUT2D eigenvalue weighted by Crippen LogP contribution is -2.40. The van der Waals surface area contributed by atoms with Crippen LogP contribution in [0.15, 0.2) is 24.4 Å². The zero-order valence-corrected chi connectivity index (χ0v) is 16.2. The minimum atomic E-state index is -0.486. The van der Waals surface area contributed by atoms with Crippen LogP contribution in [0.1, 0.15) is 36.8 Å². The van der Waals surface area contributed by atoms with Crippen LogP contribution in [0.2, 0.25) is 4.47 Å². The van der Waals surface area contributed by atoms with E-state index < -0.39 is 5.60 Å². The van der Waals surface area contributed by atoms with E-state index >= 15 is 0 Å². The molecule has 0 saturated heterocycles. The zero-order chi connectivity index (χ0) is 18.0. The number of hydrogen-bond donors (Lipinski definition) is 1. The molecule has 3 rings (SSSR count). The fourth-order valence-electron chi connectivity index (χ4n) is 2.78. The van der Waals surface area contributed by atoms with Gasteiger partial charge in [0.2, 0.25) is 0 Å². The smallest absolute Gasteiger partial charge is 0.410 e. The number of hydrogen-bond acceptors (Lipinski definition) is 5. The average Bonchev–Trinajstić information content (AvgIpc) is 2.96. The lowest BCUT2D eigenvalue weighted by atomic mass is 9.98. The molecule has 1 aliphatic heterocycles. The molecular weight excluding hydrogens is 358 g/mol. The predicted octanol–water partition coefficient (Wildman–Crippen LogP) is 4.70. The Morgan fingerprint density at radius 3 is 2.92 bits per heavy atom. The van der Waals surface area contributed by atoms with Crippen LogP contribution in [-0.4, -0.2) is 28.1 Å². The number of nitrogens with one attached hydrogen (secondary N) is 1. The minimum absolute atomic E-state index is 0.262. The predicted molar refractivity (Wildman–Crippen MR) is 101 cm³/mol. The number of rotatable bonds is 3. The van der Waals surface area contributed by atoms with Gasteiger partial charge in [-0.3, -0.25) is 0 Å². The van der Waals surface area contributed by atoms with Crippen LogP contribution in [0.25, 0.3) is 0 Å². The maximum absolute atomic E-state index is 12.4. The van der Waals surface area contributed by atoms with Crippen LogP contribution in [0.3, 0.4) is 0 Å². The molecule has 2 aromatic rings. The molecule has 0 radical (unpaired) electrons. The first-order valence-corrected chi connectivity index (χ1v) is 9.44. The van der Waals surface area contributed by atoms with Gasteiger partial charge in [-0.05, 0) is 44.4 Å². The van der Waals surface area contributed by atoms with Crippen molar-refractivity contribution in [3.05, 3.63) is 44.9 Å². The van der Waals surface area contributed by atoms with E-state index in [4.69, 9.17) is 16.3 Å². The third-order valence-corrected chi connectivity index (χ3v) is 5.02. The first kappa shape index (κ1) is 18.0. The van der Waals surface area contributed by atoms with Crippen molar-refractivity contribution in [3.8, 4) is 0 Å². The molecule has 7 heteroatoms. The molecule has 0 unspecified atom stereocenters. The van der Waals surface area contributed by atoms with Crippen molar-refractivity contribution in [2.45, 2.75) is 45.9 Å². The third-order valence-electron chi connectivity index (χ3n) is 3.90. The van der Waals surface area contributed by atoms with Gasteiger partial charge in [0.15, 0.2) is 4.47 Å². The molecule has 2 heterocycles. The number of thiazole rings is 1.